The molecule has 210 valence electrons. The third-order valence-corrected chi connectivity index (χ3v) is 7.62. The Morgan fingerprint density at radius 1 is 0.902 bits per heavy atom. The van der Waals surface area contributed by atoms with Crippen LogP contribution < -0.4 is 10.0 Å². The Balaban J connectivity index is 1.62. The van der Waals surface area contributed by atoms with E-state index in [1.165, 1.54) is 54.6 Å². The summed E-state index contributed by atoms with van der Waals surface area (Å²) >= 11 is 3.16. The molecule has 0 saturated carbocycles. The van der Waals surface area contributed by atoms with Crippen molar-refractivity contribution in [2.45, 2.75) is 11.0 Å². The van der Waals surface area contributed by atoms with Gasteiger partial charge in [-0.3, -0.25) is 19.6 Å². The Hall–Kier alpha value is -4.69. The van der Waals surface area contributed by atoms with Crippen LogP contribution in [0.4, 0.5) is 25.8 Å². The molecule has 0 spiro atoms. The van der Waals surface area contributed by atoms with Crippen molar-refractivity contribution in [1.82, 2.24) is 0 Å². The van der Waals surface area contributed by atoms with Gasteiger partial charge in [-0.05, 0) is 46.3 Å². The molecule has 1 amide bonds. The lowest BCUT2D eigenvalue weighted by Gasteiger charge is -2.20. The summed E-state index contributed by atoms with van der Waals surface area (Å²) in [7, 11) is -4.60. The lowest BCUT2D eigenvalue weighted by atomic mass is 10.1. The van der Waals surface area contributed by atoms with Crippen LogP contribution in [-0.4, -0.2) is 25.2 Å². The predicted molar refractivity (Wildman–Crippen MR) is 148 cm³/mol. The second-order valence-corrected chi connectivity index (χ2v) is 10.8. The number of rotatable bonds is 9. The van der Waals surface area contributed by atoms with E-state index in [9.17, 15) is 36.9 Å². The molecule has 0 aliphatic carbocycles. The third-order valence-electron chi connectivity index (χ3n) is 5.56. The minimum Gasteiger partial charge on any atom is -0.444 e. The molecule has 0 heterocycles. The van der Waals surface area contributed by atoms with Gasteiger partial charge in [-0.25, -0.2) is 22.0 Å². The summed E-state index contributed by atoms with van der Waals surface area (Å²) < 4.78 is 61.0. The fraction of sp³-hybridized carbons (Fsp3) is 0.0370. The summed E-state index contributed by atoms with van der Waals surface area (Å²) in [4.78, 5) is 36.1. The number of carbonyl (C=O) groups excluding carboxylic acids is 2. The number of nitro benzene ring substituents is 1. The highest BCUT2D eigenvalue weighted by atomic mass is 79.9. The molecule has 14 heteroatoms. The van der Waals surface area contributed by atoms with E-state index in [4.69, 9.17) is 4.74 Å². The van der Waals surface area contributed by atoms with E-state index < -0.39 is 49.5 Å². The summed E-state index contributed by atoms with van der Waals surface area (Å²) in [6.07, 6.45) is -1.54. The normalized spacial score (nSPS) is 11.8. The van der Waals surface area contributed by atoms with Crippen molar-refractivity contribution in [1.29, 1.82) is 0 Å². The maximum Gasteiger partial charge on any atom is 0.341 e. The Kier molecular flexibility index (Phi) is 8.74. The highest BCUT2D eigenvalue weighted by molar-refractivity contribution is 9.10. The zero-order valence-corrected chi connectivity index (χ0v) is 23.0. The van der Waals surface area contributed by atoms with Crippen molar-refractivity contribution >= 4 is 54.9 Å². The van der Waals surface area contributed by atoms with E-state index in [0.29, 0.717) is 6.07 Å². The molecule has 4 rings (SSSR count). The number of sulfonamides is 1. The number of esters is 1. The fourth-order valence-electron chi connectivity index (χ4n) is 3.63. The second kappa shape index (κ2) is 12.2. The van der Waals surface area contributed by atoms with Crippen LogP contribution in [0.15, 0.2) is 100 Å². The molecule has 0 fully saturated rings. The first kappa shape index (κ1) is 29.3. The van der Waals surface area contributed by atoms with Gasteiger partial charge < -0.3 is 10.1 Å². The molecule has 1 atom stereocenters. The number of para-hydroxylation sites is 1. The maximum atomic E-state index is 14.2. The molecule has 0 aliphatic heterocycles. The Morgan fingerprint density at radius 2 is 1.59 bits per heavy atom. The average molecular weight is 646 g/mol. The number of hydrogen-bond donors (Lipinski definition) is 2. The Bertz CT molecular complexity index is 1760. The molecule has 0 radical (unpaired) electrons. The molecular formula is C27H18BrF2N3O7S. The number of benzene rings is 4. The van der Waals surface area contributed by atoms with Crippen LogP contribution >= 0.6 is 15.9 Å². The van der Waals surface area contributed by atoms with Crippen molar-refractivity contribution < 1.29 is 36.4 Å². The Labute approximate surface area is 240 Å². The number of nitrogens with zero attached hydrogens (tertiary/aromatic N) is 1. The molecule has 4 aromatic carbocycles. The molecule has 0 aromatic heterocycles. The van der Waals surface area contributed by atoms with E-state index >= 15 is 0 Å². The zero-order chi connectivity index (χ0) is 29.7. The summed E-state index contributed by atoms with van der Waals surface area (Å²) in [6.45, 7) is 0. The van der Waals surface area contributed by atoms with Gasteiger partial charge >= 0.3 is 5.97 Å². The summed E-state index contributed by atoms with van der Waals surface area (Å²) in [6, 6.07) is 18.8. The number of ether oxygens (including phenoxy) is 1. The van der Waals surface area contributed by atoms with Crippen molar-refractivity contribution in [2.24, 2.45) is 0 Å². The van der Waals surface area contributed by atoms with Gasteiger partial charge in [-0.1, -0.05) is 42.5 Å². The van der Waals surface area contributed by atoms with Gasteiger partial charge in [0.1, 0.15) is 16.5 Å². The fourth-order valence-corrected chi connectivity index (χ4v) is 5.24. The van der Waals surface area contributed by atoms with Gasteiger partial charge in [0, 0.05) is 28.2 Å². The lowest BCUT2D eigenvalue weighted by Crippen LogP contribution is -2.26. The van der Waals surface area contributed by atoms with Gasteiger partial charge in [0.2, 0.25) is 6.10 Å². The van der Waals surface area contributed by atoms with E-state index in [0.717, 1.165) is 12.1 Å². The van der Waals surface area contributed by atoms with Crippen molar-refractivity contribution in [3.63, 3.8) is 0 Å². The second-order valence-electron chi connectivity index (χ2n) is 8.33. The number of halogens is 3. The van der Waals surface area contributed by atoms with Crippen LogP contribution in [0, 0.1) is 21.7 Å². The summed E-state index contributed by atoms with van der Waals surface area (Å²) in [5.41, 5.74) is -0.384. The Morgan fingerprint density at radius 3 is 2.24 bits per heavy atom. The van der Waals surface area contributed by atoms with Crippen LogP contribution in [0.5, 0.6) is 0 Å². The van der Waals surface area contributed by atoms with Crippen LogP contribution in [0.2, 0.25) is 0 Å². The van der Waals surface area contributed by atoms with Crippen LogP contribution in [0.3, 0.4) is 0 Å². The van der Waals surface area contributed by atoms with E-state index in [1.807, 2.05) is 0 Å². The third kappa shape index (κ3) is 6.91. The monoisotopic (exact) mass is 645 g/mol. The molecule has 0 saturated heterocycles. The van der Waals surface area contributed by atoms with Gasteiger partial charge in [0.05, 0.1) is 21.9 Å². The molecule has 0 aliphatic rings. The van der Waals surface area contributed by atoms with Crippen molar-refractivity contribution in [3.8, 4) is 0 Å². The number of nitro groups is 1. The van der Waals surface area contributed by atoms with E-state index in [-0.39, 0.29) is 32.7 Å². The highest BCUT2D eigenvalue weighted by Crippen LogP contribution is 2.30. The van der Waals surface area contributed by atoms with E-state index in [1.54, 1.807) is 18.2 Å². The number of nitrogens with one attached hydrogen (secondary N) is 2. The molecule has 41 heavy (non-hydrogen) atoms. The molecule has 2 N–H and O–H groups in total. The molecular weight excluding hydrogens is 628 g/mol. The SMILES string of the molecule is O=C(OC(C(=O)Nc1ccc([N+](=O)[O-])cc1Br)c1ccccc1)c1ccccc1NS(=O)(=O)c1ccc(F)cc1F. The first-order valence-electron chi connectivity index (χ1n) is 11.5. The van der Waals surface area contributed by atoms with E-state index in [2.05, 4.69) is 26.0 Å². The number of amides is 1. The topological polar surface area (TPSA) is 145 Å². The molecule has 1 unspecified atom stereocenters. The van der Waals surface area contributed by atoms with Crippen LogP contribution in [-0.2, 0) is 19.6 Å². The molecule has 0 bridgehead atoms. The number of hydrogen-bond acceptors (Lipinski definition) is 7. The van der Waals surface area contributed by atoms with Gasteiger partial charge in [-0.15, -0.1) is 0 Å². The summed E-state index contributed by atoms with van der Waals surface area (Å²) in [5, 5.41) is 13.6. The van der Waals surface area contributed by atoms with Gasteiger partial charge in [0.15, 0.2) is 0 Å². The highest BCUT2D eigenvalue weighted by Gasteiger charge is 2.29. The lowest BCUT2D eigenvalue weighted by molar-refractivity contribution is -0.384. The number of non-ortho nitro benzene ring substituents is 1. The van der Waals surface area contributed by atoms with Crippen LogP contribution in [0.25, 0.3) is 0 Å². The van der Waals surface area contributed by atoms with Crippen molar-refractivity contribution in [3.05, 3.63) is 128 Å². The number of carbonyl (C=O) groups is 2. The average Bonchev–Trinajstić information content (AvgIpc) is 2.92. The van der Waals surface area contributed by atoms with Gasteiger partial charge in [0.25, 0.3) is 21.6 Å². The molecule has 10 nitrogen and oxygen atoms in total. The minimum atomic E-state index is -4.60. The van der Waals surface area contributed by atoms with Crippen molar-refractivity contribution in [2.75, 3.05) is 10.0 Å². The number of anilines is 2. The quantitative estimate of drug-likeness (QED) is 0.129. The maximum absolute atomic E-state index is 14.2. The first-order chi connectivity index (χ1) is 19.5. The largest absolute Gasteiger partial charge is 0.444 e. The minimum absolute atomic E-state index is 0.159. The van der Waals surface area contributed by atoms with Crippen LogP contribution in [0.1, 0.15) is 22.0 Å². The predicted octanol–water partition coefficient (Wildman–Crippen LogP) is 5.97. The standard InChI is InChI=1S/C27H18BrF2N3O7S/c28-20-15-18(33(36)37)11-12-23(20)31-26(34)25(16-6-2-1-3-7-16)40-27(35)19-8-4-5-9-22(19)32-41(38,39)24-13-10-17(29)14-21(24)30/h1-15,25,32H,(H,31,34). The smallest absolute Gasteiger partial charge is 0.341 e. The van der Waals surface area contributed by atoms with Gasteiger partial charge in [-0.2, -0.15) is 0 Å². The first-order valence-corrected chi connectivity index (χ1v) is 13.8. The summed E-state index contributed by atoms with van der Waals surface area (Å²) in [5.74, 6) is -4.23. The molecule has 4 aromatic rings. The zero-order valence-electron chi connectivity index (χ0n) is 20.6.